The highest BCUT2D eigenvalue weighted by Gasteiger charge is 2.29. The van der Waals surface area contributed by atoms with Crippen molar-refractivity contribution in [2.24, 2.45) is 4.99 Å². The van der Waals surface area contributed by atoms with E-state index in [-0.39, 0.29) is 11.7 Å². The zero-order valence-corrected chi connectivity index (χ0v) is 15.2. The first-order valence-corrected chi connectivity index (χ1v) is 9.12. The van der Waals surface area contributed by atoms with E-state index >= 15 is 0 Å². The summed E-state index contributed by atoms with van der Waals surface area (Å²) in [5.41, 5.74) is 3.24. The van der Waals surface area contributed by atoms with E-state index in [2.05, 4.69) is 41.2 Å². The van der Waals surface area contributed by atoms with Gasteiger partial charge in [0, 0.05) is 30.7 Å². The molecule has 0 spiro atoms. The van der Waals surface area contributed by atoms with Crippen LogP contribution in [0.1, 0.15) is 38.2 Å². The van der Waals surface area contributed by atoms with Gasteiger partial charge in [-0.3, -0.25) is 9.79 Å². The molecule has 1 unspecified atom stereocenters. The fourth-order valence-electron chi connectivity index (χ4n) is 3.22. The minimum Gasteiger partial charge on any atom is -0.372 e. The highest BCUT2D eigenvalue weighted by atomic mass is 19.1. The number of nitrogens with one attached hydrogen (secondary N) is 1. The molecule has 0 saturated heterocycles. The number of halogens is 1. The zero-order chi connectivity index (χ0) is 18.5. The normalized spacial score (nSPS) is 16.0. The third-order valence-electron chi connectivity index (χ3n) is 4.46. The topological polar surface area (TPSA) is 44.7 Å². The summed E-state index contributed by atoms with van der Waals surface area (Å²) < 4.78 is 13.5. The molecule has 1 atom stereocenters. The Bertz CT molecular complexity index is 795. The van der Waals surface area contributed by atoms with Crippen LogP contribution in [0.25, 0.3) is 0 Å². The lowest BCUT2D eigenvalue weighted by molar-refractivity contribution is -0.115. The maximum Gasteiger partial charge on any atom is 0.237 e. The first-order valence-electron chi connectivity index (χ1n) is 9.12. The molecule has 0 fully saturated rings. The minimum absolute atomic E-state index is 0.178. The van der Waals surface area contributed by atoms with Crippen LogP contribution in [0.4, 0.5) is 21.5 Å². The predicted octanol–water partition coefficient (Wildman–Crippen LogP) is 4.89. The summed E-state index contributed by atoms with van der Waals surface area (Å²) in [7, 11) is 0. The Morgan fingerprint density at radius 2 is 1.81 bits per heavy atom. The molecule has 0 bridgehead atoms. The van der Waals surface area contributed by atoms with E-state index < -0.39 is 5.92 Å². The average molecular weight is 353 g/mol. The van der Waals surface area contributed by atoms with Gasteiger partial charge in [0.1, 0.15) is 11.7 Å². The molecule has 2 aromatic carbocycles. The number of carbonyl (C=O) groups is 1. The monoisotopic (exact) mass is 353 g/mol. The third kappa shape index (κ3) is 3.93. The van der Waals surface area contributed by atoms with Crippen molar-refractivity contribution in [1.29, 1.82) is 0 Å². The quantitative estimate of drug-likeness (QED) is 0.720. The molecule has 26 heavy (non-hydrogen) atoms. The molecule has 5 heteroatoms. The molecule has 1 amide bonds. The van der Waals surface area contributed by atoms with Crippen LogP contribution in [-0.4, -0.2) is 25.2 Å². The Hall–Kier alpha value is -2.69. The van der Waals surface area contributed by atoms with Crippen molar-refractivity contribution in [3.8, 4) is 0 Å². The van der Waals surface area contributed by atoms with E-state index in [0.29, 0.717) is 11.3 Å². The van der Waals surface area contributed by atoms with Crippen LogP contribution in [0.2, 0.25) is 0 Å². The summed E-state index contributed by atoms with van der Waals surface area (Å²) in [6, 6.07) is 12.3. The number of benzene rings is 2. The van der Waals surface area contributed by atoms with Gasteiger partial charge < -0.3 is 10.2 Å². The van der Waals surface area contributed by atoms with Gasteiger partial charge in [0.2, 0.25) is 5.91 Å². The van der Waals surface area contributed by atoms with E-state index in [1.807, 2.05) is 12.1 Å². The van der Waals surface area contributed by atoms with Crippen molar-refractivity contribution < 1.29 is 9.18 Å². The van der Waals surface area contributed by atoms with Crippen LogP contribution >= 0.6 is 0 Å². The summed E-state index contributed by atoms with van der Waals surface area (Å²) in [4.78, 5) is 18.9. The summed E-state index contributed by atoms with van der Waals surface area (Å²) in [5.74, 6) is -1.09. The van der Waals surface area contributed by atoms with Crippen molar-refractivity contribution in [2.75, 3.05) is 23.3 Å². The third-order valence-corrected chi connectivity index (χ3v) is 4.46. The second kappa shape index (κ2) is 8.13. The van der Waals surface area contributed by atoms with E-state index in [0.717, 1.165) is 31.6 Å². The maximum atomic E-state index is 13.5. The number of carbonyl (C=O) groups excluding carboxylic acids is 1. The van der Waals surface area contributed by atoms with Gasteiger partial charge in [0.05, 0.1) is 5.69 Å². The number of amides is 1. The molecule has 1 heterocycles. The lowest BCUT2D eigenvalue weighted by Crippen LogP contribution is -2.24. The number of hydrogen-bond acceptors (Lipinski definition) is 3. The molecular weight excluding hydrogens is 329 g/mol. The molecule has 0 aromatic heterocycles. The number of rotatable bonds is 7. The van der Waals surface area contributed by atoms with Gasteiger partial charge in [-0.25, -0.2) is 4.39 Å². The van der Waals surface area contributed by atoms with Crippen molar-refractivity contribution in [3.05, 3.63) is 53.8 Å². The Morgan fingerprint density at radius 1 is 1.12 bits per heavy atom. The fraction of sp³-hybridized carbons (Fsp3) is 0.333. The molecule has 2 aromatic rings. The molecular formula is C21H24FN3O. The summed E-state index contributed by atoms with van der Waals surface area (Å²) >= 11 is 0. The van der Waals surface area contributed by atoms with Crippen LogP contribution in [0.5, 0.6) is 0 Å². The van der Waals surface area contributed by atoms with Crippen LogP contribution in [0.3, 0.4) is 0 Å². The second-order valence-electron chi connectivity index (χ2n) is 6.48. The van der Waals surface area contributed by atoms with Crippen LogP contribution in [0, 0.1) is 5.82 Å². The average Bonchev–Trinajstić information content (AvgIpc) is 2.95. The molecule has 0 saturated carbocycles. The lowest BCUT2D eigenvalue weighted by Gasteiger charge is -2.23. The maximum absolute atomic E-state index is 13.5. The van der Waals surface area contributed by atoms with Gasteiger partial charge >= 0.3 is 0 Å². The molecule has 1 N–H and O–H groups in total. The number of anilines is 2. The molecule has 0 aliphatic carbocycles. The van der Waals surface area contributed by atoms with Gasteiger partial charge in [0.25, 0.3) is 0 Å². The second-order valence-corrected chi connectivity index (χ2v) is 6.48. The van der Waals surface area contributed by atoms with Crippen molar-refractivity contribution in [2.45, 2.75) is 32.6 Å². The minimum atomic E-state index is -0.558. The van der Waals surface area contributed by atoms with Gasteiger partial charge in [0.15, 0.2) is 0 Å². The van der Waals surface area contributed by atoms with E-state index in [1.165, 1.54) is 17.8 Å². The SMILES string of the molecule is CCCN(CCC)c1ccc(N=CC2C(=O)Nc3ccc(F)cc32)cc1. The van der Waals surface area contributed by atoms with Crippen LogP contribution < -0.4 is 10.2 Å². The van der Waals surface area contributed by atoms with Crippen LogP contribution in [-0.2, 0) is 4.79 Å². The molecule has 4 nitrogen and oxygen atoms in total. The number of fused-ring (bicyclic) bond motifs is 1. The van der Waals surface area contributed by atoms with E-state index in [1.54, 1.807) is 12.3 Å². The van der Waals surface area contributed by atoms with Crippen molar-refractivity contribution in [3.63, 3.8) is 0 Å². The van der Waals surface area contributed by atoms with Crippen molar-refractivity contribution >= 4 is 29.2 Å². The Kier molecular flexibility index (Phi) is 5.66. The van der Waals surface area contributed by atoms with Crippen molar-refractivity contribution in [1.82, 2.24) is 0 Å². The first-order chi connectivity index (χ1) is 12.6. The lowest BCUT2D eigenvalue weighted by atomic mass is 10.0. The summed E-state index contributed by atoms with van der Waals surface area (Å²) in [5, 5.41) is 2.76. The zero-order valence-electron chi connectivity index (χ0n) is 15.2. The molecule has 1 aliphatic heterocycles. The number of nitrogens with zero attached hydrogens (tertiary/aromatic N) is 2. The number of aliphatic imine (C=N–C) groups is 1. The van der Waals surface area contributed by atoms with Gasteiger partial charge in [-0.2, -0.15) is 0 Å². The van der Waals surface area contributed by atoms with E-state index in [4.69, 9.17) is 0 Å². The molecule has 136 valence electrons. The van der Waals surface area contributed by atoms with E-state index in [9.17, 15) is 9.18 Å². The van der Waals surface area contributed by atoms with Gasteiger partial charge in [-0.15, -0.1) is 0 Å². The summed E-state index contributed by atoms with van der Waals surface area (Å²) in [6.45, 7) is 6.41. The predicted molar refractivity (Wildman–Crippen MR) is 105 cm³/mol. The van der Waals surface area contributed by atoms with Gasteiger partial charge in [-0.1, -0.05) is 13.8 Å². The standard InChI is InChI=1S/C21H24FN3O/c1-3-11-25(12-4-2)17-8-6-16(7-9-17)23-14-19-18-13-15(22)5-10-20(18)24-21(19)26/h5-10,13-14,19H,3-4,11-12H2,1-2H3,(H,24,26). The Morgan fingerprint density at radius 3 is 2.46 bits per heavy atom. The Balaban J connectivity index is 1.75. The smallest absolute Gasteiger partial charge is 0.237 e. The molecule has 0 radical (unpaired) electrons. The summed E-state index contributed by atoms with van der Waals surface area (Å²) in [6.07, 6.45) is 3.80. The molecule has 1 aliphatic rings. The molecule has 3 rings (SSSR count). The highest BCUT2D eigenvalue weighted by molar-refractivity contribution is 6.12. The Labute approximate surface area is 153 Å². The highest BCUT2D eigenvalue weighted by Crippen LogP contribution is 2.32. The van der Waals surface area contributed by atoms with Crippen LogP contribution in [0.15, 0.2) is 47.5 Å². The van der Waals surface area contributed by atoms with Gasteiger partial charge in [-0.05, 0) is 60.9 Å². The first kappa shape index (κ1) is 18.1. The number of hydrogen-bond donors (Lipinski definition) is 1. The largest absolute Gasteiger partial charge is 0.372 e. The fourth-order valence-corrected chi connectivity index (χ4v) is 3.22.